The van der Waals surface area contributed by atoms with Gasteiger partial charge >= 0.3 is 6.18 Å². The Morgan fingerprint density at radius 1 is 1.24 bits per heavy atom. The lowest BCUT2D eigenvalue weighted by molar-refractivity contribution is -0.141. The summed E-state index contributed by atoms with van der Waals surface area (Å²) in [6, 6.07) is 1.56. The average molecular weight is 299 g/mol. The van der Waals surface area contributed by atoms with Crippen LogP contribution in [0.2, 0.25) is 0 Å². The third kappa shape index (κ3) is 2.67. The second-order valence-corrected chi connectivity index (χ2v) is 5.48. The Balaban J connectivity index is 2.04. The highest BCUT2D eigenvalue weighted by atomic mass is 19.4. The van der Waals surface area contributed by atoms with Gasteiger partial charge in [0.25, 0.3) is 0 Å². The van der Waals surface area contributed by atoms with Crippen LogP contribution in [0.15, 0.2) is 18.5 Å². The number of nitrogens with zero attached hydrogens (tertiary/aromatic N) is 4. The minimum absolute atomic E-state index is 0.251. The summed E-state index contributed by atoms with van der Waals surface area (Å²) in [5, 5.41) is 6.97. The van der Waals surface area contributed by atoms with Crippen molar-refractivity contribution in [3.05, 3.63) is 24.2 Å². The normalized spacial score (nSPS) is 23.8. The molecule has 0 spiro atoms. The summed E-state index contributed by atoms with van der Waals surface area (Å²) in [6.45, 7) is 5.48. The number of anilines is 1. The molecule has 2 aromatic rings. The summed E-state index contributed by atoms with van der Waals surface area (Å²) in [4.78, 5) is 6.27. The van der Waals surface area contributed by atoms with Crippen molar-refractivity contribution < 1.29 is 13.2 Å². The highest BCUT2D eigenvalue weighted by Crippen LogP contribution is 2.31. The van der Waals surface area contributed by atoms with Crippen molar-refractivity contribution in [2.24, 2.45) is 0 Å². The van der Waals surface area contributed by atoms with Crippen LogP contribution in [-0.2, 0) is 6.18 Å². The predicted octanol–water partition coefficient (Wildman–Crippen LogP) is 1.93. The molecule has 3 heterocycles. The first-order valence-electron chi connectivity index (χ1n) is 6.77. The van der Waals surface area contributed by atoms with Crippen molar-refractivity contribution in [2.45, 2.75) is 32.1 Å². The summed E-state index contributed by atoms with van der Waals surface area (Å²) in [7, 11) is 0. The van der Waals surface area contributed by atoms with Crippen LogP contribution < -0.4 is 10.2 Å². The third-order valence-electron chi connectivity index (χ3n) is 3.52. The maximum atomic E-state index is 12.8. The number of hydrogen-bond donors (Lipinski definition) is 1. The van der Waals surface area contributed by atoms with Gasteiger partial charge in [-0.25, -0.2) is 9.50 Å². The molecule has 0 amide bonds. The van der Waals surface area contributed by atoms with E-state index in [4.69, 9.17) is 0 Å². The monoisotopic (exact) mass is 299 g/mol. The number of aromatic nitrogens is 3. The first-order chi connectivity index (χ1) is 9.84. The highest BCUT2D eigenvalue weighted by molar-refractivity contribution is 5.69. The van der Waals surface area contributed by atoms with Crippen LogP contribution in [-0.4, -0.2) is 39.8 Å². The predicted molar refractivity (Wildman–Crippen MR) is 72.3 cm³/mol. The number of rotatable bonds is 1. The molecule has 1 saturated heterocycles. The SMILES string of the molecule is CC1CN(c2nccn3nc(C(F)(F)F)cc23)CC(C)N1. The molecule has 1 fully saturated rings. The Hall–Kier alpha value is -1.83. The van der Waals surface area contributed by atoms with Crippen LogP contribution in [0.1, 0.15) is 19.5 Å². The molecule has 8 heteroatoms. The van der Waals surface area contributed by atoms with Gasteiger partial charge in [-0.15, -0.1) is 0 Å². The molecule has 0 bridgehead atoms. The molecule has 5 nitrogen and oxygen atoms in total. The Morgan fingerprint density at radius 2 is 1.90 bits per heavy atom. The zero-order chi connectivity index (χ0) is 15.2. The van der Waals surface area contributed by atoms with Gasteiger partial charge in [0.1, 0.15) is 5.52 Å². The van der Waals surface area contributed by atoms with Crippen LogP contribution in [0.3, 0.4) is 0 Å². The molecule has 0 saturated carbocycles. The molecular formula is C13H16F3N5. The largest absolute Gasteiger partial charge is 0.435 e. The van der Waals surface area contributed by atoms with E-state index in [0.717, 1.165) is 6.07 Å². The van der Waals surface area contributed by atoms with Crippen LogP contribution in [0.4, 0.5) is 19.0 Å². The van der Waals surface area contributed by atoms with Crippen molar-refractivity contribution in [2.75, 3.05) is 18.0 Å². The third-order valence-corrected chi connectivity index (χ3v) is 3.52. The van der Waals surface area contributed by atoms with Gasteiger partial charge in [-0.1, -0.05) is 0 Å². The second kappa shape index (κ2) is 4.87. The van der Waals surface area contributed by atoms with Crippen molar-refractivity contribution >= 4 is 11.3 Å². The Morgan fingerprint density at radius 3 is 2.52 bits per heavy atom. The Labute approximate surface area is 119 Å². The van der Waals surface area contributed by atoms with E-state index in [-0.39, 0.29) is 12.1 Å². The first kappa shape index (κ1) is 14.1. The van der Waals surface area contributed by atoms with E-state index < -0.39 is 11.9 Å². The van der Waals surface area contributed by atoms with E-state index in [1.807, 2.05) is 18.7 Å². The first-order valence-corrected chi connectivity index (χ1v) is 6.77. The number of nitrogens with one attached hydrogen (secondary N) is 1. The zero-order valence-corrected chi connectivity index (χ0v) is 11.7. The molecule has 2 unspecified atom stereocenters. The van der Waals surface area contributed by atoms with Gasteiger partial charge in [-0.2, -0.15) is 18.3 Å². The molecule has 114 valence electrons. The van der Waals surface area contributed by atoms with Gasteiger partial charge in [-0.05, 0) is 13.8 Å². The molecule has 0 aromatic carbocycles. The van der Waals surface area contributed by atoms with Gasteiger partial charge in [0, 0.05) is 43.6 Å². The quantitative estimate of drug-likeness (QED) is 0.874. The molecule has 1 aliphatic rings. The van der Waals surface area contributed by atoms with Gasteiger partial charge in [-0.3, -0.25) is 0 Å². The fraction of sp³-hybridized carbons (Fsp3) is 0.538. The number of piperazine rings is 1. The minimum atomic E-state index is -4.45. The molecule has 0 aliphatic carbocycles. The molecule has 2 aromatic heterocycles. The van der Waals surface area contributed by atoms with E-state index in [9.17, 15) is 13.2 Å². The van der Waals surface area contributed by atoms with Crippen molar-refractivity contribution in [1.29, 1.82) is 0 Å². The van der Waals surface area contributed by atoms with Gasteiger partial charge in [0.15, 0.2) is 11.5 Å². The van der Waals surface area contributed by atoms with Gasteiger partial charge < -0.3 is 10.2 Å². The average Bonchev–Trinajstić information content (AvgIpc) is 2.80. The van der Waals surface area contributed by atoms with E-state index in [1.54, 1.807) is 0 Å². The van der Waals surface area contributed by atoms with Crippen molar-refractivity contribution in [3.8, 4) is 0 Å². The zero-order valence-electron chi connectivity index (χ0n) is 11.7. The number of halogens is 3. The van der Waals surface area contributed by atoms with Crippen LogP contribution in [0.25, 0.3) is 5.52 Å². The fourth-order valence-electron chi connectivity index (χ4n) is 2.79. The lowest BCUT2D eigenvalue weighted by Crippen LogP contribution is -2.54. The summed E-state index contributed by atoms with van der Waals surface area (Å²) >= 11 is 0. The molecule has 1 aliphatic heterocycles. The fourth-order valence-corrected chi connectivity index (χ4v) is 2.79. The molecule has 3 rings (SSSR count). The van der Waals surface area contributed by atoms with Gasteiger partial charge in [0.2, 0.25) is 0 Å². The van der Waals surface area contributed by atoms with Gasteiger partial charge in [0.05, 0.1) is 0 Å². The summed E-state index contributed by atoms with van der Waals surface area (Å²) in [6.07, 6.45) is -1.54. The Bertz CT molecular complexity index is 641. The van der Waals surface area contributed by atoms with E-state index in [1.165, 1.54) is 16.9 Å². The van der Waals surface area contributed by atoms with E-state index >= 15 is 0 Å². The summed E-state index contributed by atoms with van der Waals surface area (Å²) in [5.74, 6) is 0.542. The maximum absolute atomic E-state index is 12.8. The highest BCUT2D eigenvalue weighted by Gasteiger charge is 2.35. The van der Waals surface area contributed by atoms with Crippen molar-refractivity contribution in [1.82, 2.24) is 19.9 Å². The summed E-state index contributed by atoms with van der Waals surface area (Å²) in [5.41, 5.74) is -0.515. The maximum Gasteiger partial charge on any atom is 0.435 e. The van der Waals surface area contributed by atoms with E-state index in [0.29, 0.717) is 24.4 Å². The molecule has 0 radical (unpaired) electrons. The standard InChI is InChI=1S/C13H16F3N5/c1-8-6-20(7-9(2)18-8)12-10-5-11(13(14,15)16)19-21(10)4-3-17-12/h3-5,8-9,18H,6-7H2,1-2H3. The lowest BCUT2D eigenvalue weighted by Gasteiger charge is -2.37. The smallest absolute Gasteiger partial charge is 0.352 e. The number of alkyl halides is 3. The molecular weight excluding hydrogens is 283 g/mol. The molecule has 21 heavy (non-hydrogen) atoms. The topological polar surface area (TPSA) is 45.5 Å². The van der Waals surface area contributed by atoms with Crippen molar-refractivity contribution in [3.63, 3.8) is 0 Å². The lowest BCUT2D eigenvalue weighted by atomic mass is 10.1. The Kier molecular flexibility index (Phi) is 3.27. The molecule has 1 N–H and O–H groups in total. The number of hydrogen-bond acceptors (Lipinski definition) is 4. The van der Waals surface area contributed by atoms with Crippen LogP contribution >= 0.6 is 0 Å². The number of fused-ring (bicyclic) bond motifs is 1. The summed E-state index contributed by atoms with van der Waals surface area (Å²) < 4.78 is 39.7. The van der Waals surface area contributed by atoms with Crippen LogP contribution in [0.5, 0.6) is 0 Å². The van der Waals surface area contributed by atoms with E-state index in [2.05, 4.69) is 15.4 Å². The van der Waals surface area contributed by atoms with Crippen LogP contribution in [0, 0.1) is 0 Å². The minimum Gasteiger partial charge on any atom is -0.352 e. The molecule has 2 atom stereocenters. The second-order valence-electron chi connectivity index (χ2n) is 5.48.